The third-order valence-electron chi connectivity index (χ3n) is 5.54. The molecular weight excluding hydrogens is 387 g/mol. The van der Waals surface area contributed by atoms with Crippen LogP contribution in [0.4, 0.5) is 4.39 Å². The molecular formula is C21H22ClFO3S. The molecule has 3 nitrogen and oxygen atoms in total. The van der Waals surface area contributed by atoms with E-state index in [1.165, 1.54) is 24.3 Å². The molecule has 0 saturated heterocycles. The summed E-state index contributed by atoms with van der Waals surface area (Å²) < 4.78 is 40.3. The van der Waals surface area contributed by atoms with Gasteiger partial charge in [0.2, 0.25) is 0 Å². The zero-order valence-electron chi connectivity index (χ0n) is 14.9. The summed E-state index contributed by atoms with van der Waals surface area (Å²) in [7, 11) is -3.83. The van der Waals surface area contributed by atoms with Crippen LogP contribution in [0.2, 0.25) is 5.02 Å². The van der Waals surface area contributed by atoms with Crippen molar-refractivity contribution in [3.05, 3.63) is 71.0 Å². The summed E-state index contributed by atoms with van der Waals surface area (Å²) in [4.78, 5) is 0.161. The fourth-order valence-corrected chi connectivity index (χ4v) is 6.26. The van der Waals surface area contributed by atoms with Crippen molar-refractivity contribution in [3.63, 3.8) is 0 Å². The molecule has 2 aromatic carbocycles. The standard InChI is InChI=1S/C21H22ClFO3S/c1-2-16-3-6-18(23)13-20(16)21(11-9-15(14-24)10-12-21)27(25,26)19-7-4-17(22)5-8-19/h2-8,13,15,24H,1,9-12,14H2. The van der Waals surface area contributed by atoms with E-state index in [9.17, 15) is 17.9 Å². The molecule has 27 heavy (non-hydrogen) atoms. The molecule has 1 fully saturated rings. The predicted octanol–water partition coefficient (Wildman–Crippen LogP) is 4.97. The van der Waals surface area contributed by atoms with Crippen molar-refractivity contribution in [2.45, 2.75) is 35.3 Å². The Hall–Kier alpha value is -1.69. The fraction of sp³-hybridized carbons (Fsp3) is 0.333. The molecule has 0 radical (unpaired) electrons. The van der Waals surface area contributed by atoms with Crippen molar-refractivity contribution >= 4 is 27.5 Å². The van der Waals surface area contributed by atoms with Gasteiger partial charge in [-0.05, 0) is 79.1 Å². The van der Waals surface area contributed by atoms with Crippen molar-refractivity contribution in [2.75, 3.05) is 6.61 Å². The monoisotopic (exact) mass is 408 g/mol. The lowest BCUT2D eigenvalue weighted by atomic mass is 9.77. The number of rotatable bonds is 5. The van der Waals surface area contributed by atoms with Crippen LogP contribution in [-0.2, 0) is 14.6 Å². The van der Waals surface area contributed by atoms with Gasteiger partial charge in [-0.3, -0.25) is 0 Å². The first kappa shape index (κ1) is 20.1. The molecule has 0 aromatic heterocycles. The normalized spacial score (nSPS) is 23.1. The Balaban J connectivity index is 2.22. The molecule has 0 spiro atoms. The van der Waals surface area contributed by atoms with E-state index in [0.717, 1.165) is 0 Å². The summed E-state index contributed by atoms with van der Waals surface area (Å²) in [5.74, 6) is -0.426. The van der Waals surface area contributed by atoms with Crippen LogP contribution in [0.25, 0.3) is 6.08 Å². The first-order chi connectivity index (χ1) is 12.8. The molecule has 0 bridgehead atoms. The van der Waals surface area contributed by atoms with E-state index in [0.29, 0.717) is 41.8 Å². The largest absolute Gasteiger partial charge is 0.396 e. The third-order valence-corrected chi connectivity index (χ3v) is 8.34. The molecule has 1 aliphatic rings. The van der Waals surface area contributed by atoms with Crippen LogP contribution in [0.15, 0.2) is 53.9 Å². The molecule has 0 atom stereocenters. The fourth-order valence-electron chi connectivity index (χ4n) is 3.95. The maximum absolute atomic E-state index is 14.1. The molecule has 3 rings (SSSR count). The molecule has 1 aliphatic carbocycles. The third kappa shape index (κ3) is 3.56. The van der Waals surface area contributed by atoms with E-state index in [1.54, 1.807) is 24.3 Å². The van der Waals surface area contributed by atoms with Crippen LogP contribution in [-0.4, -0.2) is 20.1 Å². The average molecular weight is 409 g/mol. The molecule has 6 heteroatoms. The van der Waals surface area contributed by atoms with Gasteiger partial charge < -0.3 is 5.11 Å². The van der Waals surface area contributed by atoms with Crippen molar-refractivity contribution in [2.24, 2.45) is 5.92 Å². The number of hydrogen-bond donors (Lipinski definition) is 1. The lowest BCUT2D eigenvalue weighted by Crippen LogP contribution is -2.41. The first-order valence-electron chi connectivity index (χ1n) is 8.87. The van der Waals surface area contributed by atoms with Gasteiger partial charge >= 0.3 is 0 Å². The lowest BCUT2D eigenvalue weighted by Gasteiger charge is -2.40. The van der Waals surface area contributed by atoms with Crippen LogP contribution < -0.4 is 0 Å². The van der Waals surface area contributed by atoms with E-state index in [2.05, 4.69) is 6.58 Å². The van der Waals surface area contributed by atoms with E-state index >= 15 is 0 Å². The SMILES string of the molecule is C=Cc1ccc(F)cc1C1(S(=O)(=O)c2ccc(Cl)cc2)CCC(CO)CC1. The van der Waals surface area contributed by atoms with Gasteiger partial charge in [-0.15, -0.1) is 0 Å². The average Bonchev–Trinajstić information content (AvgIpc) is 2.68. The van der Waals surface area contributed by atoms with Gasteiger partial charge in [0.1, 0.15) is 10.6 Å². The van der Waals surface area contributed by atoms with Gasteiger partial charge in [0.15, 0.2) is 9.84 Å². The van der Waals surface area contributed by atoms with Crippen molar-refractivity contribution in [1.29, 1.82) is 0 Å². The minimum atomic E-state index is -3.83. The number of hydrogen-bond acceptors (Lipinski definition) is 3. The molecule has 144 valence electrons. The van der Waals surface area contributed by atoms with E-state index in [1.807, 2.05) is 0 Å². The summed E-state index contributed by atoms with van der Waals surface area (Å²) in [5, 5.41) is 9.94. The smallest absolute Gasteiger partial charge is 0.188 e. The highest BCUT2D eigenvalue weighted by Gasteiger charge is 2.49. The van der Waals surface area contributed by atoms with Gasteiger partial charge in [-0.1, -0.05) is 30.3 Å². The summed E-state index contributed by atoms with van der Waals surface area (Å²) in [5.41, 5.74) is 1.04. The Kier molecular flexibility index (Phi) is 5.75. The quantitative estimate of drug-likeness (QED) is 0.759. The Morgan fingerprint density at radius 3 is 2.37 bits per heavy atom. The molecule has 0 aliphatic heterocycles. The molecule has 1 N–H and O–H groups in total. The minimum Gasteiger partial charge on any atom is -0.396 e. The number of benzene rings is 2. The van der Waals surface area contributed by atoms with E-state index in [4.69, 9.17) is 11.6 Å². The predicted molar refractivity (Wildman–Crippen MR) is 106 cm³/mol. The summed E-state index contributed by atoms with van der Waals surface area (Å²) >= 11 is 5.92. The van der Waals surface area contributed by atoms with Crippen LogP contribution in [0.5, 0.6) is 0 Å². The van der Waals surface area contributed by atoms with Gasteiger partial charge in [0, 0.05) is 11.6 Å². The van der Waals surface area contributed by atoms with E-state index in [-0.39, 0.29) is 17.4 Å². The molecule has 0 amide bonds. The second-order valence-electron chi connectivity index (χ2n) is 7.01. The minimum absolute atomic E-state index is 0.0224. The Bertz CT molecular complexity index is 930. The van der Waals surface area contributed by atoms with Crippen molar-refractivity contribution < 1.29 is 17.9 Å². The number of aliphatic hydroxyl groups is 1. The van der Waals surface area contributed by atoms with Crippen molar-refractivity contribution in [1.82, 2.24) is 0 Å². The van der Waals surface area contributed by atoms with E-state index < -0.39 is 20.4 Å². The van der Waals surface area contributed by atoms with Crippen LogP contribution >= 0.6 is 11.6 Å². The first-order valence-corrected chi connectivity index (χ1v) is 10.7. The van der Waals surface area contributed by atoms with Gasteiger partial charge in [-0.25, -0.2) is 12.8 Å². The molecule has 1 saturated carbocycles. The summed E-state index contributed by atoms with van der Waals surface area (Å²) in [6.07, 6.45) is 3.29. The number of aliphatic hydroxyl groups excluding tert-OH is 1. The second kappa shape index (κ2) is 7.74. The zero-order valence-corrected chi connectivity index (χ0v) is 16.4. The summed E-state index contributed by atoms with van der Waals surface area (Å²) in [6, 6.07) is 10.2. The Labute approximate surface area is 164 Å². The summed E-state index contributed by atoms with van der Waals surface area (Å²) in [6.45, 7) is 3.79. The molecule has 2 aromatic rings. The highest BCUT2D eigenvalue weighted by atomic mass is 35.5. The van der Waals surface area contributed by atoms with Gasteiger partial charge in [0.05, 0.1) is 4.90 Å². The van der Waals surface area contributed by atoms with Crippen LogP contribution in [0.1, 0.15) is 36.8 Å². The Morgan fingerprint density at radius 2 is 1.81 bits per heavy atom. The zero-order chi connectivity index (χ0) is 19.7. The van der Waals surface area contributed by atoms with Crippen LogP contribution in [0, 0.1) is 11.7 Å². The maximum atomic E-state index is 14.1. The number of sulfone groups is 1. The van der Waals surface area contributed by atoms with Crippen LogP contribution in [0.3, 0.4) is 0 Å². The highest BCUT2D eigenvalue weighted by molar-refractivity contribution is 7.92. The number of halogens is 2. The topological polar surface area (TPSA) is 54.4 Å². The second-order valence-corrected chi connectivity index (χ2v) is 9.71. The highest BCUT2D eigenvalue weighted by Crippen LogP contribution is 2.49. The molecule has 0 heterocycles. The van der Waals surface area contributed by atoms with Crippen molar-refractivity contribution in [3.8, 4) is 0 Å². The maximum Gasteiger partial charge on any atom is 0.188 e. The lowest BCUT2D eigenvalue weighted by molar-refractivity contribution is 0.173. The van der Waals surface area contributed by atoms with Gasteiger partial charge in [-0.2, -0.15) is 0 Å². The Morgan fingerprint density at radius 1 is 1.19 bits per heavy atom. The van der Waals surface area contributed by atoms with Gasteiger partial charge in [0.25, 0.3) is 0 Å². The molecule has 0 unspecified atom stereocenters.